The van der Waals surface area contributed by atoms with Crippen molar-refractivity contribution < 1.29 is 9.59 Å². The average Bonchev–Trinajstić information content (AvgIpc) is 1.82. The quantitative estimate of drug-likeness (QED) is 0.612. The summed E-state index contributed by atoms with van der Waals surface area (Å²) in [5.74, 6) is 0.207. The Hall–Kier alpha value is -0.920. The zero-order valence-corrected chi connectivity index (χ0v) is 8.94. The van der Waals surface area contributed by atoms with E-state index in [2.05, 4.69) is 6.58 Å². The van der Waals surface area contributed by atoms with Crippen molar-refractivity contribution in [3.05, 3.63) is 12.2 Å². The lowest BCUT2D eigenvalue weighted by Crippen LogP contribution is -2.23. The summed E-state index contributed by atoms with van der Waals surface area (Å²) in [6, 6.07) is 0. The molecule has 0 heterocycles. The molecule has 0 saturated carbocycles. The number of allylic oxidation sites excluding steroid dienone is 1. The smallest absolute Gasteiger partial charge is 0.130 e. The molecule has 0 aliphatic carbocycles. The maximum atomic E-state index is 11.0. The van der Waals surface area contributed by atoms with Gasteiger partial charge in [0.2, 0.25) is 0 Å². The van der Waals surface area contributed by atoms with E-state index in [1.807, 2.05) is 13.8 Å². The number of Topliss-reactive ketones (excluding diaryl/α,β-unsaturated/α-hetero) is 2. The second-order valence-corrected chi connectivity index (χ2v) is 4.10. The van der Waals surface area contributed by atoms with Crippen LogP contribution in [0.3, 0.4) is 0 Å². The Morgan fingerprint density at radius 2 is 1.38 bits per heavy atom. The molecule has 0 aromatic heterocycles. The van der Waals surface area contributed by atoms with Crippen molar-refractivity contribution >= 4 is 11.6 Å². The summed E-state index contributed by atoms with van der Waals surface area (Å²) in [7, 11) is 0. The second kappa shape index (κ2) is 4.35. The van der Waals surface area contributed by atoms with Gasteiger partial charge in [-0.15, -0.1) is 0 Å². The zero-order chi connectivity index (χ0) is 10.6. The molecule has 0 aliphatic rings. The molecule has 0 fully saturated rings. The summed E-state index contributed by atoms with van der Waals surface area (Å²) in [4.78, 5) is 22.0. The molecular weight excluding hydrogens is 164 g/mol. The SMILES string of the molecule is C=C(C)C(C)(CC(C)=O)CC(C)=O. The van der Waals surface area contributed by atoms with Crippen LogP contribution in [0.25, 0.3) is 0 Å². The molecule has 0 rings (SSSR count). The van der Waals surface area contributed by atoms with Crippen LogP contribution in [0, 0.1) is 5.41 Å². The van der Waals surface area contributed by atoms with Gasteiger partial charge in [-0.25, -0.2) is 0 Å². The van der Waals surface area contributed by atoms with Crippen molar-refractivity contribution in [1.29, 1.82) is 0 Å². The van der Waals surface area contributed by atoms with Gasteiger partial charge in [-0.1, -0.05) is 19.1 Å². The molecule has 2 nitrogen and oxygen atoms in total. The lowest BCUT2D eigenvalue weighted by atomic mass is 9.75. The van der Waals surface area contributed by atoms with E-state index < -0.39 is 0 Å². The van der Waals surface area contributed by atoms with Crippen LogP contribution in [0.2, 0.25) is 0 Å². The maximum Gasteiger partial charge on any atom is 0.130 e. The Bertz CT molecular complexity index is 222. The molecule has 13 heavy (non-hydrogen) atoms. The first-order valence-electron chi connectivity index (χ1n) is 4.43. The molecule has 0 atom stereocenters. The maximum absolute atomic E-state index is 11.0. The molecular formula is C11H18O2. The van der Waals surface area contributed by atoms with E-state index in [-0.39, 0.29) is 17.0 Å². The molecule has 74 valence electrons. The van der Waals surface area contributed by atoms with E-state index in [1.165, 1.54) is 0 Å². The van der Waals surface area contributed by atoms with E-state index in [9.17, 15) is 9.59 Å². The summed E-state index contributed by atoms with van der Waals surface area (Å²) in [6.45, 7) is 10.7. The highest BCUT2D eigenvalue weighted by Crippen LogP contribution is 2.33. The van der Waals surface area contributed by atoms with E-state index in [1.54, 1.807) is 13.8 Å². The lowest BCUT2D eigenvalue weighted by molar-refractivity contribution is -0.121. The van der Waals surface area contributed by atoms with Gasteiger partial charge in [0.05, 0.1) is 0 Å². The third kappa shape index (κ3) is 4.02. The van der Waals surface area contributed by atoms with Crippen LogP contribution in [-0.4, -0.2) is 11.6 Å². The van der Waals surface area contributed by atoms with Gasteiger partial charge in [0.1, 0.15) is 11.6 Å². The molecule has 0 aromatic carbocycles. The van der Waals surface area contributed by atoms with E-state index in [0.29, 0.717) is 12.8 Å². The molecule has 0 aliphatic heterocycles. The second-order valence-electron chi connectivity index (χ2n) is 4.10. The number of carbonyl (C=O) groups excluding carboxylic acids is 2. The molecule has 0 aromatic rings. The Kier molecular flexibility index (Phi) is 4.05. The first-order valence-corrected chi connectivity index (χ1v) is 4.43. The highest BCUT2D eigenvalue weighted by molar-refractivity contribution is 5.80. The van der Waals surface area contributed by atoms with Crippen molar-refractivity contribution in [3.8, 4) is 0 Å². The Balaban J connectivity index is 4.62. The van der Waals surface area contributed by atoms with E-state index in [4.69, 9.17) is 0 Å². The normalized spacial score (nSPS) is 11.1. The summed E-state index contributed by atoms with van der Waals surface area (Å²) >= 11 is 0. The monoisotopic (exact) mass is 182 g/mol. The summed E-state index contributed by atoms with van der Waals surface area (Å²) < 4.78 is 0. The highest BCUT2D eigenvalue weighted by atomic mass is 16.1. The minimum atomic E-state index is -0.350. The van der Waals surface area contributed by atoms with Crippen LogP contribution < -0.4 is 0 Å². The molecule has 0 unspecified atom stereocenters. The van der Waals surface area contributed by atoms with E-state index in [0.717, 1.165) is 5.57 Å². The predicted octanol–water partition coefficient (Wildman–Crippen LogP) is 2.53. The topological polar surface area (TPSA) is 34.1 Å². The predicted molar refractivity (Wildman–Crippen MR) is 53.5 cm³/mol. The molecule has 0 bridgehead atoms. The Morgan fingerprint density at radius 1 is 1.08 bits per heavy atom. The number of hydrogen-bond acceptors (Lipinski definition) is 2. The van der Waals surface area contributed by atoms with Crippen LogP contribution in [0.15, 0.2) is 12.2 Å². The summed E-state index contributed by atoms with van der Waals surface area (Å²) in [5, 5.41) is 0. The largest absolute Gasteiger partial charge is 0.300 e. The summed E-state index contributed by atoms with van der Waals surface area (Å²) in [5.41, 5.74) is 0.551. The van der Waals surface area contributed by atoms with Gasteiger partial charge in [0.15, 0.2) is 0 Å². The van der Waals surface area contributed by atoms with Gasteiger partial charge in [-0.05, 0) is 20.8 Å². The lowest BCUT2D eigenvalue weighted by Gasteiger charge is -2.27. The van der Waals surface area contributed by atoms with Crippen LogP contribution >= 0.6 is 0 Å². The number of carbonyl (C=O) groups is 2. The number of ketones is 2. The van der Waals surface area contributed by atoms with Crippen molar-refractivity contribution in [1.82, 2.24) is 0 Å². The van der Waals surface area contributed by atoms with E-state index >= 15 is 0 Å². The zero-order valence-electron chi connectivity index (χ0n) is 8.94. The minimum absolute atomic E-state index is 0.103. The molecule has 0 spiro atoms. The average molecular weight is 182 g/mol. The number of rotatable bonds is 5. The fourth-order valence-electron chi connectivity index (χ4n) is 1.46. The van der Waals surface area contributed by atoms with Crippen LogP contribution in [0.4, 0.5) is 0 Å². The standard InChI is InChI=1S/C11H18O2/c1-8(2)11(5,6-9(3)12)7-10(4)13/h1,6-7H2,2-5H3. The van der Waals surface area contributed by atoms with Gasteiger partial charge in [0.25, 0.3) is 0 Å². The van der Waals surface area contributed by atoms with Gasteiger partial charge < -0.3 is 0 Å². The first kappa shape index (κ1) is 12.1. The molecule has 0 saturated heterocycles. The Labute approximate surface area is 80.0 Å². The summed E-state index contributed by atoms with van der Waals surface area (Å²) in [6.07, 6.45) is 0.809. The third-order valence-corrected chi connectivity index (χ3v) is 2.31. The molecule has 0 amide bonds. The highest BCUT2D eigenvalue weighted by Gasteiger charge is 2.28. The van der Waals surface area contributed by atoms with Crippen molar-refractivity contribution in [2.45, 2.75) is 40.5 Å². The van der Waals surface area contributed by atoms with Gasteiger partial charge >= 0.3 is 0 Å². The van der Waals surface area contributed by atoms with Crippen LogP contribution in [-0.2, 0) is 9.59 Å². The van der Waals surface area contributed by atoms with Crippen LogP contribution in [0.5, 0.6) is 0 Å². The fraction of sp³-hybridized carbons (Fsp3) is 0.636. The Morgan fingerprint density at radius 3 is 1.54 bits per heavy atom. The van der Waals surface area contributed by atoms with Gasteiger partial charge in [0, 0.05) is 18.3 Å². The molecule has 0 radical (unpaired) electrons. The first-order chi connectivity index (χ1) is 5.78. The number of hydrogen-bond donors (Lipinski definition) is 0. The van der Waals surface area contributed by atoms with Crippen molar-refractivity contribution in [3.63, 3.8) is 0 Å². The van der Waals surface area contributed by atoms with Crippen molar-refractivity contribution in [2.24, 2.45) is 5.41 Å². The van der Waals surface area contributed by atoms with Crippen molar-refractivity contribution in [2.75, 3.05) is 0 Å². The van der Waals surface area contributed by atoms with Crippen LogP contribution in [0.1, 0.15) is 40.5 Å². The third-order valence-electron chi connectivity index (χ3n) is 2.31. The van der Waals surface area contributed by atoms with Gasteiger partial charge in [-0.2, -0.15) is 0 Å². The fourth-order valence-corrected chi connectivity index (χ4v) is 1.46. The van der Waals surface area contributed by atoms with Gasteiger partial charge in [-0.3, -0.25) is 9.59 Å². The molecule has 2 heteroatoms. The minimum Gasteiger partial charge on any atom is -0.300 e. The molecule has 0 N–H and O–H groups in total.